The van der Waals surface area contributed by atoms with Gasteiger partial charge in [-0.2, -0.15) is 0 Å². The fourth-order valence-corrected chi connectivity index (χ4v) is 0.602. The molecule has 0 fully saturated rings. The van der Waals surface area contributed by atoms with E-state index >= 15 is 0 Å². The maximum atomic E-state index is 10.4. The van der Waals surface area contributed by atoms with Crippen LogP contribution in [-0.4, -0.2) is 39.1 Å². The minimum absolute atomic E-state index is 0.379. The molecule has 1 rings (SSSR count). The minimum Gasteiger partial charge on any atom is -0.481 e. The summed E-state index contributed by atoms with van der Waals surface area (Å²) in [4.78, 5) is 37.4. The van der Waals surface area contributed by atoms with E-state index in [9.17, 15) is 4.79 Å². The van der Waals surface area contributed by atoms with Gasteiger partial charge in [0.15, 0.2) is 0 Å². The van der Waals surface area contributed by atoms with Crippen LogP contribution in [0.5, 0.6) is 0 Å². The Kier molecular flexibility index (Phi) is 16.8. The summed E-state index contributed by atoms with van der Waals surface area (Å²) in [6.45, 7) is 3.25. The molecule has 0 unspecified atom stereocenters. The first kappa shape index (κ1) is 23.2. The number of carbonyl (C=O) groups is 4. The molecule has 0 aliphatic carbocycles. The molecule has 21 heavy (non-hydrogen) atoms. The van der Waals surface area contributed by atoms with Crippen molar-refractivity contribution in [2.24, 2.45) is 5.73 Å². The summed E-state index contributed by atoms with van der Waals surface area (Å²) < 4.78 is 0. The van der Waals surface area contributed by atoms with Gasteiger partial charge >= 0.3 is 0 Å². The number of nitrogens with two attached hydrogens (primary N) is 1. The molecule has 8 nitrogen and oxygen atoms in total. The van der Waals surface area contributed by atoms with Crippen LogP contribution < -0.4 is 5.73 Å². The van der Waals surface area contributed by atoms with Crippen LogP contribution in [0.15, 0.2) is 30.3 Å². The summed E-state index contributed by atoms with van der Waals surface area (Å²) in [5.41, 5.74) is 5.53. The third kappa shape index (κ3) is 47.1. The Morgan fingerprint density at radius 3 is 1.14 bits per heavy atom. The van der Waals surface area contributed by atoms with Gasteiger partial charge in [0.25, 0.3) is 17.9 Å². The fourth-order valence-electron chi connectivity index (χ4n) is 0.602. The predicted octanol–water partition coefficient (Wildman–Crippen LogP) is 1.06. The van der Waals surface area contributed by atoms with Gasteiger partial charge in [0.2, 0.25) is 5.91 Å². The van der Waals surface area contributed by atoms with Crippen LogP contribution in [0.4, 0.5) is 0 Å². The number of amides is 1. The lowest BCUT2D eigenvalue weighted by Gasteiger charge is -1.89. The van der Waals surface area contributed by atoms with Crippen LogP contribution in [0, 0.1) is 0 Å². The molecule has 0 aliphatic heterocycles. The number of carboxylic acids is 3. The van der Waals surface area contributed by atoms with E-state index in [0.717, 1.165) is 20.8 Å². The van der Waals surface area contributed by atoms with Crippen LogP contribution in [0.3, 0.4) is 0 Å². The van der Waals surface area contributed by atoms with E-state index in [2.05, 4.69) is 0 Å². The maximum absolute atomic E-state index is 10.4. The lowest BCUT2D eigenvalue weighted by molar-refractivity contribution is -0.135. The average Bonchev–Trinajstić information content (AvgIpc) is 2.27. The highest BCUT2D eigenvalue weighted by atomic mass is 16.4. The molecular weight excluding hydrogens is 282 g/mol. The van der Waals surface area contributed by atoms with Crippen molar-refractivity contribution in [3.8, 4) is 0 Å². The zero-order valence-electron chi connectivity index (χ0n) is 11.9. The summed E-state index contributed by atoms with van der Waals surface area (Å²) >= 11 is 0. The monoisotopic (exact) mass is 301 g/mol. The Morgan fingerprint density at radius 1 is 0.762 bits per heavy atom. The van der Waals surface area contributed by atoms with E-state index in [1.807, 2.05) is 6.07 Å². The summed E-state index contributed by atoms with van der Waals surface area (Å²) in [5.74, 6) is -2.88. The van der Waals surface area contributed by atoms with Crippen molar-refractivity contribution in [2.45, 2.75) is 20.8 Å². The smallest absolute Gasteiger partial charge is 0.300 e. The molecule has 0 saturated heterocycles. The van der Waals surface area contributed by atoms with Crippen LogP contribution in [0.2, 0.25) is 0 Å². The molecule has 0 atom stereocenters. The molecule has 0 bridgehead atoms. The fraction of sp³-hybridized carbons (Fsp3) is 0.231. The second-order valence-electron chi connectivity index (χ2n) is 3.29. The Bertz CT molecular complexity index is 403. The van der Waals surface area contributed by atoms with Crippen LogP contribution in [-0.2, 0) is 14.4 Å². The molecule has 1 amide bonds. The molecule has 5 N–H and O–H groups in total. The minimum atomic E-state index is -0.833. The molecule has 0 aromatic heterocycles. The van der Waals surface area contributed by atoms with Crippen molar-refractivity contribution in [2.75, 3.05) is 0 Å². The summed E-state index contributed by atoms with van der Waals surface area (Å²) in [6.07, 6.45) is 0. The highest BCUT2D eigenvalue weighted by molar-refractivity contribution is 5.92. The van der Waals surface area contributed by atoms with Crippen molar-refractivity contribution in [3.05, 3.63) is 35.9 Å². The van der Waals surface area contributed by atoms with E-state index in [-0.39, 0.29) is 5.91 Å². The number of primary amides is 1. The molecule has 0 aliphatic rings. The maximum Gasteiger partial charge on any atom is 0.300 e. The van der Waals surface area contributed by atoms with E-state index < -0.39 is 17.9 Å². The van der Waals surface area contributed by atoms with Gasteiger partial charge in [0.05, 0.1) is 0 Å². The molecule has 1 aromatic rings. The quantitative estimate of drug-likeness (QED) is 0.604. The van der Waals surface area contributed by atoms with E-state index in [0.29, 0.717) is 5.56 Å². The van der Waals surface area contributed by atoms with Crippen molar-refractivity contribution in [1.29, 1.82) is 0 Å². The second kappa shape index (κ2) is 15.2. The average molecular weight is 301 g/mol. The Hall–Kier alpha value is -2.90. The zero-order chi connectivity index (χ0) is 17.4. The van der Waals surface area contributed by atoms with Crippen LogP contribution >= 0.6 is 0 Å². The third-order valence-corrected chi connectivity index (χ3v) is 1.06. The van der Waals surface area contributed by atoms with E-state index in [1.165, 1.54) is 0 Å². The first-order chi connectivity index (χ1) is 9.50. The normalized spacial score (nSPS) is 7.38. The van der Waals surface area contributed by atoms with Crippen molar-refractivity contribution in [3.63, 3.8) is 0 Å². The van der Waals surface area contributed by atoms with Gasteiger partial charge in [0.1, 0.15) is 0 Å². The molecule has 118 valence electrons. The molecule has 0 saturated carbocycles. The number of carbonyl (C=O) groups excluding carboxylic acids is 1. The van der Waals surface area contributed by atoms with Crippen molar-refractivity contribution < 1.29 is 34.5 Å². The first-order valence-electron chi connectivity index (χ1n) is 5.44. The molecule has 1 aromatic carbocycles. The number of benzene rings is 1. The SMILES string of the molecule is CC(=O)O.CC(=O)O.CC(=O)O.NC(=O)c1ccccc1. The summed E-state index contributed by atoms with van der Waals surface area (Å²) in [7, 11) is 0. The molecule has 0 heterocycles. The number of hydrogen-bond donors (Lipinski definition) is 4. The number of hydrogen-bond acceptors (Lipinski definition) is 4. The standard InChI is InChI=1S/C7H7NO.3C2H4O2/c8-7(9)6-4-2-1-3-5-6;3*1-2(3)4/h1-5H,(H2,8,9);3*1H3,(H,3,4). The lowest BCUT2D eigenvalue weighted by Crippen LogP contribution is -2.09. The number of rotatable bonds is 1. The number of aliphatic carboxylic acids is 3. The topological polar surface area (TPSA) is 155 Å². The largest absolute Gasteiger partial charge is 0.481 e. The summed E-state index contributed by atoms with van der Waals surface area (Å²) in [6, 6.07) is 8.76. The van der Waals surface area contributed by atoms with Gasteiger partial charge in [-0.15, -0.1) is 0 Å². The zero-order valence-corrected chi connectivity index (χ0v) is 11.9. The van der Waals surface area contributed by atoms with Gasteiger partial charge in [-0.25, -0.2) is 0 Å². The Labute approximate surface area is 121 Å². The molecule has 0 radical (unpaired) electrons. The van der Waals surface area contributed by atoms with E-state index in [4.69, 9.17) is 35.4 Å². The van der Waals surface area contributed by atoms with Gasteiger partial charge in [-0.05, 0) is 12.1 Å². The van der Waals surface area contributed by atoms with Gasteiger partial charge in [0, 0.05) is 26.3 Å². The summed E-state index contributed by atoms with van der Waals surface area (Å²) in [5, 5.41) is 22.2. The number of carboxylic acid groups (broad SMARTS) is 3. The Balaban J connectivity index is -0.000000230. The first-order valence-corrected chi connectivity index (χ1v) is 5.44. The molecule has 0 spiro atoms. The van der Waals surface area contributed by atoms with Crippen LogP contribution in [0.25, 0.3) is 0 Å². The second-order valence-corrected chi connectivity index (χ2v) is 3.29. The third-order valence-electron chi connectivity index (χ3n) is 1.06. The predicted molar refractivity (Wildman–Crippen MR) is 74.9 cm³/mol. The molecule has 8 heteroatoms. The van der Waals surface area contributed by atoms with Gasteiger partial charge in [-0.1, -0.05) is 18.2 Å². The lowest BCUT2D eigenvalue weighted by atomic mass is 10.2. The Morgan fingerprint density at radius 2 is 1.00 bits per heavy atom. The van der Waals surface area contributed by atoms with Crippen LogP contribution in [0.1, 0.15) is 31.1 Å². The highest BCUT2D eigenvalue weighted by Crippen LogP contribution is 1.94. The van der Waals surface area contributed by atoms with Crippen molar-refractivity contribution >= 4 is 23.8 Å². The van der Waals surface area contributed by atoms with Crippen molar-refractivity contribution in [1.82, 2.24) is 0 Å². The molecular formula is C13H19NO7. The highest BCUT2D eigenvalue weighted by Gasteiger charge is 1.93. The van der Waals surface area contributed by atoms with Gasteiger partial charge in [-0.3, -0.25) is 19.2 Å². The van der Waals surface area contributed by atoms with E-state index in [1.54, 1.807) is 24.3 Å². The van der Waals surface area contributed by atoms with Gasteiger partial charge < -0.3 is 21.1 Å².